The van der Waals surface area contributed by atoms with Crippen molar-refractivity contribution in [3.63, 3.8) is 0 Å². The van der Waals surface area contributed by atoms with Crippen LogP contribution in [0.2, 0.25) is 0 Å². The molecule has 0 bridgehead atoms. The number of likely N-dealkylation sites (N-methyl/N-ethyl adjacent to an activating group) is 2. The van der Waals surface area contributed by atoms with Gasteiger partial charge in [-0.25, -0.2) is 9.97 Å². The fraction of sp³-hybridized carbons (Fsp3) is 0.593. The highest BCUT2D eigenvalue weighted by molar-refractivity contribution is 5.73. The quantitative estimate of drug-likeness (QED) is 0.493. The second-order valence-electron chi connectivity index (χ2n) is 9.93. The minimum absolute atomic E-state index is 0.0758. The Labute approximate surface area is 219 Å². The number of carbonyl (C=O) groups is 1. The summed E-state index contributed by atoms with van der Waals surface area (Å²) in [6.07, 6.45) is 2.22. The van der Waals surface area contributed by atoms with Crippen LogP contribution in [0.4, 0.5) is 11.6 Å². The Kier molecular flexibility index (Phi) is 9.18. The first-order valence-corrected chi connectivity index (χ1v) is 13.1. The van der Waals surface area contributed by atoms with Gasteiger partial charge in [-0.15, -0.1) is 0 Å². The molecule has 0 aliphatic carbocycles. The molecule has 0 radical (unpaired) electrons. The average molecular weight is 513 g/mol. The van der Waals surface area contributed by atoms with E-state index in [0.717, 1.165) is 62.8 Å². The number of amides is 1. The van der Waals surface area contributed by atoms with Gasteiger partial charge in [-0.1, -0.05) is 12.1 Å². The van der Waals surface area contributed by atoms with Gasteiger partial charge < -0.3 is 34.6 Å². The fourth-order valence-electron chi connectivity index (χ4n) is 4.89. The lowest BCUT2D eigenvalue weighted by Gasteiger charge is -2.33. The number of anilines is 2. The second-order valence-corrected chi connectivity index (χ2v) is 9.93. The molecule has 2 aliphatic heterocycles. The first kappa shape index (κ1) is 27.1. The highest BCUT2D eigenvalue weighted by Gasteiger charge is 2.29. The van der Waals surface area contributed by atoms with Gasteiger partial charge in [0.05, 0.1) is 6.04 Å². The number of aromatic nitrogens is 2. The van der Waals surface area contributed by atoms with Crippen LogP contribution in [0.15, 0.2) is 30.3 Å². The molecular formula is C27H40N6O4. The van der Waals surface area contributed by atoms with Crippen LogP contribution in [0.1, 0.15) is 26.2 Å². The Morgan fingerprint density at radius 3 is 2.73 bits per heavy atom. The van der Waals surface area contributed by atoms with E-state index in [9.17, 15) is 9.90 Å². The molecule has 2 aromatic rings. The third-order valence-corrected chi connectivity index (χ3v) is 7.31. The van der Waals surface area contributed by atoms with Crippen LogP contribution in [0.3, 0.4) is 0 Å². The highest BCUT2D eigenvalue weighted by Crippen LogP contribution is 2.30. The normalized spacial score (nSPS) is 19.1. The van der Waals surface area contributed by atoms with Gasteiger partial charge in [-0.3, -0.25) is 4.79 Å². The Balaban J connectivity index is 1.62. The lowest BCUT2D eigenvalue weighted by molar-refractivity contribution is -0.129. The van der Waals surface area contributed by atoms with Crippen molar-refractivity contribution in [3.05, 3.63) is 30.3 Å². The number of ether oxygens (including phenoxy) is 2. The summed E-state index contributed by atoms with van der Waals surface area (Å²) in [7, 11) is 5.75. The van der Waals surface area contributed by atoms with Crippen LogP contribution in [-0.4, -0.2) is 105 Å². The number of benzene rings is 1. The van der Waals surface area contributed by atoms with Gasteiger partial charge in [0.15, 0.2) is 5.82 Å². The Morgan fingerprint density at radius 2 is 2.00 bits per heavy atom. The van der Waals surface area contributed by atoms with Crippen LogP contribution in [0.25, 0.3) is 11.4 Å². The zero-order chi connectivity index (χ0) is 26.4. The van der Waals surface area contributed by atoms with E-state index >= 15 is 0 Å². The third kappa shape index (κ3) is 6.88. The van der Waals surface area contributed by atoms with Crippen molar-refractivity contribution >= 4 is 17.5 Å². The van der Waals surface area contributed by atoms with Crippen LogP contribution in [0.5, 0.6) is 5.75 Å². The molecule has 2 fully saturated rings. The molecule has 2 saturated heterocycles. The first-order chi connectivity index (χ1) is 17.9. The predicted molar refractivity (Wildman–Crippen MR) is 144 cm³/mol. The molecule has 10 nitrogen and oxygen atoms in total. The number of aliphatic hydroxyl groups is 1. The number of nitrogens with zero attached hydrogens (tertiary/aromatic N) is 5. The monoisotopic (exact) mass is 512 g/mol. The van der Waals surface area contributed by atoms with E-state index in [-0.39, 0.29) is 18.6 Å². The number of hydrogen-bond donors (Lipinski definition) is 2. The molecule has 2 atom stereocenters. The van der Waals surface area contributed by atoms with Crippen molar-refractivity contribution in [2.24, 2.45) is 0 Å². The molecule has 1 aromatic heterocycles. The average Bonchev–Trinajstić information content (AvgIpc) is 3.42. The molecule has 3 heterocycles. The molecule has 2 N–H and O–H groups in total. The van der Waals surface area contributed by atoms with Crippen molar-refractivity contribution in [1.29, 1.82) is 0 Å². The topological polar surface area (TPSA) is 103 Å². The van der Waals surface area contributed by atoms with Gasteiger partial charge in [0, 0.05) is 71.5 Å². The maximum Gasteiger partial charge on any atom is 0.219 e. The molecular weight excluding hydrogens is 472 g/mol. The Hall–Kier alpha value is -2.95. The summed E-state index contributed by atoms with van der Waals surface area (Å²) >= 11 is 0. The van der Waals surface area contributed by atoms with Crippen molar-refractivity contribution < 1.29 is 19.4 Å². The van der Waals surface area contributed by atoms with E-state index in [2.05, 4.69) is 28.2 Å². The predicted octanol–water partition coefficient (Wildman–Crippen LogP) is 1.77. The summed E-state index contributed by atoms with van der Waals surface area (Å²) < 4.78 is 11.4. The molecule has 202 valence electrons. The minimum Gasteiger partial charge on any atom is -0.491 e. The molecule has 1 unspecified atom stereocenters. The molecule has 0 spiro atoms. The van der Waals surface area contributed by atoms with Crippen molar-refractivity contribution in [2.75, 3.05) is 70.4 Å². The summed E-state index contributed by atoms with van der Waals surface area (Å²) in [4.78, 5) is 28.2. The molecule has 1 aromatic carbocycles. The van der Waals surface area contributed by atoms with Crippen LogP contribution < -0.4 is 19.9 Å². The summed E-state index contributed by atoms with van der Waals surface area (Å²) in [5, 5.41) is 13.0. The van der Waals surface area contributed by atoms with E-state index < -0.39 is 6.10 Å². The van der Waals surface area contributed by atoms with Crippen molar-refractivity contribution in [1.82, 2.24) is 20.2 Å². The van der Waals surface area contributed by atoms with E-state index in [0.29, 0.717) is 24.2 Å². The first-order valence-electron chi connectivity index (χ1n) is 13.1. The number of carbonyl (C=O) groups excluding carboxylic acids is 1. The lowest BCUT2D eigenvalue weighted by atomic mass is 10.1. The highest BCUT2D eigenvalue weighted by atomic mass is 16.5. The number of rotatable bonds is 10. The third-order valence-electron chi connectivity index (χ3n) is 7.31. The molecule has 1 amide bonds. The number of hydrogen-bond acceptors (Lipinski definition) is 9. The maximum atomic E-state index is 11.9. The molecule has 37 heavy (non-hydrogen) atoms. The minimum atomic E-state index is -0.593. The largest absolute Gasteiger partial charge is 0.491 e. The van der Waals surface area contributed by atoms with Crippen LogP contribution in [-0.2, 0) is 9.53 Å². The standard InChI is InChI=1S/C27H40N6O4/c1-19(34)31(3)22-8-11-33(17-22)26-15-25(32(4)21-9-12-36-13-10-21)29-27(30-26)20-6-5-7-24(14-20)37-18-23(35)16-28-2/h5-7,14-15,21-23,28,35H,8-13,16-18H2,1-4H3/t22-,23?/m0/s1. The van der Waals surface area contributed by atoms with Crippen molar-refractivity contribution in [2.45, 2.75) is 44.4 Å². The van der Waals surface area contributed by atoms with E-state index in [1.807, 2.05) is 36.2 Å². The summed E-state index contributed by atoms with van der Waals surface area (Å²) in [5.74, 6) is 3.08. The molecule has 0 saturated carbocycles. The molecule has 2 aliphatic rings. The molecule has 4 rings (SSSR count). The van der Waals surface area contributed by atoms with Crippen molar-refractivity contribution in [3.8, 4) is 17.1 Å². The van der Waals surface area contributed by atoms with E-state index in [1.165, 1.54) is 0 Å². The number of nitrogens with one attached hydrogen (secondary N) is 1. The van der Waals surface area contributed by atoms with Gasteiger partial charge >= 0.3 is 0 Å². The SMILES string of the molecule is CNCC(O)COc1cccc(-c2nc(N3CC[C@H](N(C)C(C)=O)C3)cc(N(C)C3CCOCC3)n2)c1. The smallest absolute Gasteiger partial charge is 0.219 e. The summed E-state index contributed by atoms with van der Waals surface area (Å²) in [5.41, 5.74) is 0.848. The zero-order valence-electron chi connectivity index (χ0n) is 22.4. The lowest BCUT2D eigenvalue weighted by Crippen LogP contribution is -2.38. The Morgan fingerprint density at radius 1 is 1.22 bits per heavy atom. The summed E-state index contributed by atoms with van der Waals surface area (Å²) in [6, 6.07) is 10.3. The van der Waals surface area contributed by atoms with Gasteiger partial charge in [-0.05, 0) is 38.4 Å². The Bertz CT molecular complexity index is 1050. The molecule has 10 heteroatoms. The zero-order valence-corrected chi connectivity index (χ0v) is 22.4. The van der Waals surface area contributed by atoms with Gasteiger partial charge in [0.2, 0.25) is 5.91 Å². The van der Waals surface area contributed by atoms with E-state index in [4.69, 9.17) is 19.4 Å². The number of aliphatic hydroxyl groups excluding tert-OH is 1. The van der Waals surface area contributed by atoms with Gasteiger partial charge in [0.25, 0.3) is 0 Å². The second kappa shape index (κ2) is 12.5. The van der Waals surface area contributed by atoms with Gasteiger partial charge in [0.1, 0.15) is 30.1 Å². The maximum absolute atomic E-state index is 11.9. The fourth-order valence-corrected chi connectivity index (χ4v) is 4.89. The summed E-state index contributed by atoms with van der Waals surface area (Å²) in [6.45, 7) is 5.34. The van der Waals surface area contributed by atoms with E-state index in [1.54, 1.807) is 14.0 Å². The van der Waals surface area contributed by atoms with Crippen LogP contribution >= 0.6 is 0 Å². The van der Waals surface area contributed by atoms with Crippen LogP contribution in [0, 0.1) is 0 Å². The van der Waals surface area contributed by atoms with Gasteiger partial charge in [-0.2, -0.15) is 0 Å².